The number of alkyl halides is 6. The Morgan fingerprint density at radius 3 is 2.14 bits per heavy atom. The first-order valence-corrected chi connectivity index (χ1v) is 13.1. The molecule has 2 heterocycles. The van der Waals surface area contributed by atoms with Gasteiger partial charge in [-0.3, -0.25) is 24.3 Å². The van der Waals surface area contributed by atoms with Gasteiger partial charge in [0.1, 0.15) is 4.88 Å². The molecule has 1 aromatic heterocycles. The molecule has 1 aliphatic rings. The van der Waals surface area contributed by atoms with Gasteiger partial charge in [-0.05, 0) is 48.5 Å². The summed E-state index contributed by atoms with van der Waals surface area (Å²) in [6, 6.07) is 10.1. The Morgan fingerprint density at radius 2 is 1.60 bits per heavy atom. The van der Waals surface area contributed by atoms with E-state index in [0.29, 0.717) is 0 Å². The summed E-state index contributed by atoms with van der Waals surface area (Å²) in [6.45, 7) is -0.535. The molecule has 0 bridgehead atoms. The molecule has 1 aliphatic heterocycles. The number of fused-ring (bicyclic) bond motifs is 1. The lowest BCUT2D eigenvalue weighted by atomic mass is 9.99. The number of carbonyl (C=O) groups excluding carboxylic acids is 3. The van der Waals surface area contributed by atoms with E-state index >= 15 is 0 Å². The molecule has 1 atom stereocenters. The lowest BCUT2D eigenvalue weighted by molar-refractivity contribution is -0.138. The quantitative estimate of drug-likeness (QED) is 0.205. The molecule has 42 heavy (non-hydrogen) atoms. The molecular formula is C28H22F6N4O3S. The minimum Gasteiger partial charge on any atom is -0.405 e. The van der Waals surface area contributed by atoms with Crippen LogP contribution in [0.3, 0.4) is 0 Å². The van der Waals surface area contributed by atoms with Gasteiger partial charge >= 0.3 is 12.4 Å². The van der Waals surface area contributed by atoms with E-state index in [1.54, 1.807) is 0 Å². The van der Waals surface area contributed by atoms with Crippen LogP contribution in [0, 0.1) is 0 Å². The molecule has 0 radical (unpaired) electrons. The van der Waals surface area contributed by atoms with Crippen molar-refractivity contribution < 1.29 is 40.7 Å². The number of rotatable bonds is 8. The Labute approximate surface area is 239 Å². The van der Waals surface area contributed by atoms with Crippen molar-refractivity contribution in [2.24, 2.45) is 10.7 Å². The fourth-order valence-electron chi connectivity index (χ4n) is 4.56. The second-order valence-electron chi connectivity index (χ2n) is 9.12. The van der Waals surface area contributed by atoms with Crippen LogP contribution in [0.25, 0.3) is 0 Å². The number of benzene rings is 2. The third-order valence-electron chi connectivity index (χ3n) is 6.39. The molecule has 2 aromatic carbocycles. The van der Waals surface area contributed by atoms with E-state index in [1.807, 2.05) is 0 Å². The van der Waals surface area contributed by atoms with Gasteiger partial charge in [-0.15, -0.1) is 11.3 Å². The molecule has 3 aromatic rings. The Bertz CT molecular complexity index is 1560. The zero-order chi connectivity index (χ0) is 30.8. The lowest BCUT2D eigenvalue weighted by Crippen LogP contribution is -2.47. The zero-order valence-corrected chi connectivity index (χ0v) is 22.5. The van der Waals surface area contributed by atoms with E-state index in [4.69, 9.17) is 5.73 Å². The number of nitrogens with two attached hydrogens (primary N) is 1. The molecular weight excluding hydrogens is 586 g/mol. The molecule has 0 unspecified atom stereocenters. The van der Waals surface area contributed by atoms with Crippen LogP contribution in [0.1, 0.15) is 52.0 Å². The summed E-state index contributed by atoms with van der Waals surface area (Å²) in [4.78, 5) is 42.2. The van der Waals surface area contributed by atoms with Crippen molar-refractivity contribution in [1.29, 1.82) is 0 Å². The molecule has 0 saturated carbocycles. The highest BCUT2D eigenvalue weighted by molar-refractivity contribution is 7.14. The van der Waals surface area contributed by atoms with Gasteiger partial charge in [-0.25, -0.2) is 0 Å². The predicted octanol–water partition coefficient (Wildman–Crippen LogP) is 5.31. The number of halogens is 6. The van der Waals surface area contributed by atoms with E-state index in [1.165, 1.54) is 49.5 Å². The molecule has 0 aliphatic carbocycles. The first-order valence-electron chi connectivity index (χ1n) is 12.2. The molecule has 3 N–H and O–H groups in total. The summed E-state index contributed by atoms with van der Waals surface area (Å²) < 4.78 is 82.7. The van der Waals surface area contributed by atoms with Crippen LogP contribution in [0.5, 0.6) is 0 Å². The van der Waals surface area contributed by atoms with Gasteiger partial charge in [0, 0.05) is 19.2 Å². The highest BCUT2D eigenvalue weighted by Gasteiger charge is 2.40. The van der Waals surface area contributed by atoms with E-state index in [0.717, 1.165) is 29.3 Å². The molecule has 3 amide bonds. The Kier molecular flexibility index (Phi) is 8.57. The summed E-state index contributed by atoms with van der Waals surface area (Å²) in [6.07, 6.45) is -8.00. The minimum absolute atomic E-state index is 0.0836. The number of imide groups is 1. The molecule has 14 heteroatoms. The summed E-state index contributed by atoms with van der Waals surface area (Å²) in [7, 11) is 1.24. The molecule has 0 spiro atoms. The number of hydrogen-bond donors (Lipinski definition) is 2. The van der Waals surface area contributed by atoms with Gasteiger partial charge in [0.05, 0.1) is 33.3 Å². The van der Waals surface area contributed by atoms with Crippen molar-refractivity contribution >= 4 is 34.8 Å². The third kappa shape index (κ3) is 6.22. The van der Waals surface area contributed by atoms with Crippen LogP contribution in [0.4, 0.5) is 26.3 Å². The van der Waals surface area contributed by atoms with Gasteiger partial charge in [-0.2, -0.15) is 26.3 Å². The lowest BCUT2D eigenvalue weighted by Gasteiger charge is -2.25. The summed E-state index contributed by atoms with van der Waals surface area (Å²) in [5, 5.41) is 2.44. The van der Waals surface area contributed by atoms with E-state index in [2.05, 4.69) is 10.3 Å². The topological polar surface area (TPSA) is 105 Å². The molecule has 0 saturated heterocycles. The van der Waals surface area contributed by atoms with Crippen molar-refractivity contribution in [2.45, 2.75) is 24.8 Å². The summed E-state index contributed by atoms with van der Waals surface area (Å²) in [5.41, 5.74) is 3.68. The SMILES string of the molecule is CN=C(C=CN)c1cc(C(=O)N[C@@H](Cc2ccccc2C(F)(F)F)CN2C(=O)c3ccccc3C2=O)sc1C(F)(F)F. The maximum absolute atomic E-state index is 13.8. The number of thiophene rings is 1. The maximum Gasteiger partial charge on any atom is 0.426 e. The average Bonchev–Trinajstić information content (AvgIpc) is 3.48. The number of nitrogens with zero attached hydrogens (tertiary/aromatic N) is 2. The van der Waals surface area contributed by atoms with Gasteiger partial charge in [0.25, 0.3) is 17.7 Å². The monoisotopic (exact) mass is 608 g/mol. The first kappa shape index (κ1) is 30.5. The second-order valence-corrected chi connectivity index (χ2v) is 10.2. The van der Waals surface area contributed by atoms with Crippen LogP contribution in [-0.2, 0) is 18.8 Å². The number of nitrogens with one attached hydrogen (secondary N) is 1. The third-order valence-corrected chi connectivity index (χ3v) is 7.57. The van der Waals surface area contributed by atoms with E-state index in [9.17, 15) is 40.7 Å². The van der Waals surface area contributed by atoms with Crippen LogP contribution in [0.2, 0.25) is 0 Å². The van der Waals surface area contributed by atoms with Crippen molar-refractivity contribution in [2.75, 3.05) is 13.6 Å². The molecule has 220 valence electrons. The first-order chi connectivity index (χ1) is 19.8. The fourth-order valence-corrected chi connectivity index (χ4v) is 5.50. The summed E-state index contributed by atoms with van der Waals surface area (Å²) >= 11 is 0.113. The molecule has 4 rings (SSSR count). The Balaban J connectivity index is 1.71. The number of carbonyl (C=O) groups is 3. The number of hydrogen-bond acceptors (Lipinski definition) is 6. The van der Waals surface area contributed by atoms with Gasteiger partial charge in [-0.1, -0.05) is 30.3 Å². The van der Waals surface area contributed by atoms with Gasteiger partial charge in [0.2, 0.25) is 0 Å². The Morgan fingerprint density at radius 1 is 1.00 bits per heavy atom. The number of allylic oxidation sites excluding steroid dienone is 1. The van der Waals surface area contributed by atoms with Crippen molar-refractivity contribution in [1.82, 2.24) is 10.2 Å². The summed E-state index contributed by atoms with van der Waals surface area (Å²) in [5.74, 6) is -2.47. The van der Waals surface area contributed by atoms with Gasteiger partial charge < -0.3 is 11.1 Å². The number of amides is 3. The Hall–Kier alpha value is -4.46. The highest BCUT2D eigenvalue weighted by Crippen LogP contribution is 2.39. The van der Waals surface area contributed by atoms with E-state index in [-0.39, 0.29) is 33.7 Å². The number of aliphatic imine (C=N–C) groups is 1. The minimum atomic E-state index is -4.86. The van der Waals surface area contributed by atoms with Crippen LogP contribution >= 0.6 is 11.3 Å². The standard InChI is InChI=1S/C28H22F6N4O3S/c1-36-21(10-11-35)19-13-22(42-23(19)28(32,33)34)24(39)37-16(12-15-6-2-5-9-20(15)27(29,30)31)14-38-25(40)17-7-3-4-8-18(17)26(38)41/h2-11,13,16H,12,14,35H2,1H3,(H,37,39)/t16-/m0/s1. The largest absolute Gasteiger partial charge is 0.426 e. The van der Waals surface area contributed by atoms with Crippen LogP contribution in [-0.4, -0.2) is 48.0 Å². The van der Waals surface area contributed by atoms with Crippen molar-refractivity contribution in [3.63, 3.8) is 0 Å². The predicted molar refractivity (Wildman–Crippen MR) is 143 cm³/mol. The zero-order valence-electron chi connectivity index (χ0n) is 21.7. The second kappa shape index (κ2) is 11.8. The molecule has 7 nitrogen and oxygen atoms in total. The fraction of sp³-hybridized carbons (Fsp3) is 0.214. The average molecular weight is 609 g/mol. The van der Waals surface area contributed by atoms with E-state index < -0.39 is 70.0 Å². The van der Waals surface area contributed by atoms with Crippen LogP contribution in [0.15, 0.2) is 71.9 Å². The van der Waals surface area contributed by atoms with Crippen molar-refractivity contribution in [3.8, 4) is 0 Å². The maximum atomic E-state index is 13.8. The molecule has 0 fully saturated rings. The normalized spacial score (nSPS) is 14.9. The van der Waals surface area contributed by atoms with Crippen molar-refractivity contribution in [3.05, 3.63) is 104 Å². The highest BCUT2D eigenvalue weighted by atomic mass is 32.1. The van der Waals surface area contributed by atoms with Gasteiger partial charge in [0.15, 0.2) is 0 Å². The smallest absolute Gasteiger partial charge is 0.405 e. The van der Waals surface area contributed by atoms with Crippen LogP contribution < -0.4 is 11.1 Å².